The minimum absolute atomic E-state index is 0.0437. The van der Waals surface area contributed by atoms with E-state index in [1.165, 1.54) is 6.39 Å². The molecule has 4 aromatic rings. The average Bonchev–Trinajstić information content (AvgIpc) is 3.11. The van der Waals surface area contributed by atoms with Gasteiger partial charge in [-0.2, -0.15) is 0 Å². The molecule has 2 aliphatic rings. The van der Waals surface area contributed by atoms with Crippen molar-refractivity contribution in [1.82, 2.24) is 19.9 Å². The summed E-state index contributed by atoms with van der Waals surface area (Å²) in [5, 5.41) is 1.00. The van der Waals surface area contributed by atoms with Gasteiger partial charge in [-0.15, -0.1) is 0 Å². The van der Waals surface area contributed by atoms with Gasteiger partial charge in [-0.1, -0.05) is 18.2 Å². The van der Waals surface area contributed by atoms with E-state index >= 15 is 0 Å². The largest absolute Gasteiger partial charge is 0.458 e. The number of oxazole rings is 1. The van der Waals surface area contributed by atoms with E-state index in [4.69, 9.17) is 8.83 Å². The summed E-state index contributed by atoms with van der Waals surface area (Å²) in [6.07, 6.45) is 5.10. The van der Waals surface area contributed by atoms with Gasteiger partial charge in [0.15, 0.2) is 6.39 Å². The van der Waals surface area contributed by atoms with Gasteiger partial charge >= 0.3 is 0 Å². The Morgan fingerprint density at radius 3 is 2.89 bits per heavy atom. The summed E-state index contributed by atoms with van der Waals surface area (Å²) < 4.78 is 11.6. The number of rotatable bonds is 2. The molecule has 1 aliphatic heterocycles. The first-order chi connectivity index (χ1) is 13.7. The monoisotopic (exact) mass is 374 g/mol. The summed E-state index contributed by atoms with van der Waals surface area (Å²) in [7, 11) is 0. The SMILES string of the molecule is Cc1ncoc1C(=O)N1CC2(CC2)c2[nH]cnc2[C@@H]1c1cc2ccccc2o1. The van der Waals surface area contributed by atoms with Gasteiger partial charge in [0.25, 0.3) is 5.91 Å². The van der Waals surface area contributed by atoms with Gasteiger partial charge in [0, 0.05) is 23.0 Å². The summed E-state index contributed by atoms with van der Waals surface area (Å²) in [5.41, 5.74) is 3.32. The van der Waals surface area contributed by atoms with E-state index in [-0.39, 0.29) is 17.1 Å². The Kier molecular flexibility index (Phi) is 2.99. The standard InChI is InChI=1S/C21H18N4O3/c1-12-18(27-11-24-12)20(26)25-9-21(6-7-21)19-16(22-10-23-19)17(25)15-8-13-4-2-3-5-14(13)28-15/h2-5,8,10-11,17H,6-7,9H2,1H3,(H,22,23)/t17-/m0/s1. The second-order valence-corrected chi connectivity index (χ2v) is 7.73. The third kappa shape index (κ3) is 2.07. The molecule has 1 atom stereocenters. The van der Waals surface area contributed by atoms with Crippen LogP contribution >= 0.6 is 0 Å². The van der Waals surface area contributed by atoms with Crippen molar-refractivity contribution in [2.45, 2.75) is 31.2 Å². The lowest BCUT2D eigenvalue weighted by molar-refractivity contribution is 0.0605. The quantitative estimate of drug-likeness (QED) is 0.578. The molecule has 0 radical (unpaired) electrons. The van der Waals surface area contributed by atoms with Gasteiger partial charge in [0.2, 0.25) is 5.76 Å². The first-order valence-corrected chi connectivity index (χ1v) is 9.40. The molecule has 0 unspecified atom stereocenters. The zero-order valence-electron chi connectivity index (χ0n) is 15.3. The third-order valence-corrected chi connectivity index (χ3v) is 6.01. The first kappa shape index (κ1) is 15.7. The Morgan fingerprint density at radius 1 is 1.29 bits per heavy atom. The fourth-order valence-electron chi connectivity index (χ4n) is 4.39. The van der Waals surface area contributed by atoms with Gasteiger partial charge in [0.05, 0.1) is 17.7 Å². The minimum Gasteiger partial charge on any atom is -0.458 e. The van der Waals surface area contributed by atoms with Crippen molar-refractivity contribution >= 4 is 16.9 Å². The lowest BCUT2D eigenvalue weighted by Gasteiger charge is -2.37. The highest BCUT2D eigenvalue weighted by molar-refractivity contribution is 5.93. The Balaban J connectivity index is 1.54. The van der Waals surface area contributed by atoms with Gasteiger partial charge in [-0.05, 0) is 31.9 Å². The predicted molar refractivity (Wildman–Crippen MR) is 99.8 cm³/mol. The van der Waals surface area contributed by atoms with Crippen LogP contribution in [-0.2, 0) is 5.41 Å². The number of hydrogen-bond acceptors (Lipinski definition) is 5. The number of H-pyrrole nitrogens is 1. The number of amides is 1. The smallest absolute Gasteiger partial charge is 0.292 e. The predicted octanol–water partition coefficient (Wildman–Crippen LogP) is 3.73. The van der Waals surface area contributed by atoms with Gasteiger partial charge < -0.3 is 18.7 Å². The van der Waals surface area contributed by atoms with Crippen LogP contribution in [0.1, 0.15) is 52.3 Å². The van der Waals surface area contributed by atoms with Crippen molar-refractivity contribution in [3.63, 3.8) is 0 Å². The van der Waals surface area contributed by atoms with Crippen molar-refractivity contribution in [2.24, 2.45) is 0 Å². The van der Waals surface area contributed by atoms with Crippen molar-refractivity contribution in [3.8, 4) is 0 Å². The molecule has 7 heteroatoms. The van der Waals surface area contributed by atoms with Crippen LogP contribution in [-0.4, -0.2) is 32.3 Å². The molecule has 4 heterocycles. The summed E-state index contributed by atoms with van der Waals surface area (Å²) in [6, 6.07) is 9.45. The molecule has 1 aromatic carbocycles. The highest BCUT2D eigenvalue weighted by atomic mass is 16.4. The van der Waals surface area contributed by atoms with E-state index in [2.05, 4.69) is 15.0 Å². The van der Waals surface area contributed by atoms with Crippen molar-refractivity contribution in [2.75, 3.05) is 6.54 Å². The molecule has 1 aliphatic carbocycles. The Hall–Kier alpha value is -3.35. The Labute approximate surface area is 160 Å². The van der Waals surface area contributed by atoms with E-state index in [1.54, 1.807) is 13.3 Å². The fourth-order valence-corrected chi connectivity index (χ4v) is 4.39. The summed E-state index contributed by atoms with van der Waals surface area (Å²) in [6.45, 7) is 2.38. The number of imidazole rings is 1. The molecular formula is C21H18N4O3. The number of nitrogens with one attached hydrogen (secondary N) is 1. The van der Waals surface area contributed by atoms with E-state index in [9.17, 15) is 4.79 Å². The van der Waals surface area contributed by atoms with Crippen LogP contribution in [0, 0.1) is 6.92 Å². The number of aryl methyl sites for hydroxylation is 1. The maximum absolute atomic E-state index is 13.4. The third-order valence-electron chi connectivity index (χ3n) is 6.01. The minimum atomic E-state index is -0.406. The van der Waals surface area contributed by atoms with Gasteiger partial charge in [-0.3, -0.25) is 4.79 Å². The summed E-state index contributed by atoms with van der Waals surface area (Å²) >= 11 is 0. The lowest BCUT2D eigenvalue weighted by Crippen LogP contribution is -2.45. The number of nitrogens with zero attached hydrogens (tertiary/aromatic N) is 3. The number of carbonyl (C=O) groups is 1. The van der Waals surface area contributed by atoms with Crippen LogP contribution in [0.4, 0.5) is 0 Å². The van der Waals surface area contributed by atoms with E-state index in [0.717, 1.165) is 35.2 Å². The number of aromatic nitrogens is 3. The number of para-hydroxylation sites is 1. The molecule has 1 amide bonds. The Bertz CT molecular complexity index is 1180. The first-order valence-electron chi connectivity index (χ1n) is 9.40. The van der Waals surface area contributed by atoms with Crippen molar-refractivity contribution < 1.29 is 13.6 Å². The number of carbonyl (C=O) groups excluding carboxylic acids is 1. The molecule has 1 N–H and O–H groups in total. The van der Waals surface area contributed by atoms with Crippen molar-refractivity contribution in [1.29, 1.82) is 0 Å². The molecule has 28 heavy (non-hydrogen) atoms. The molecule has 1 spiro atoms. The molecule has 6 rings (SSSR count). The molecule has 1 fully saturated rings. The van der Waals surface area contributed by atoms with Crippen LogP contribution in [0.2, 0.25) is 0 Å². The molecule has 140 valence electrons. The maximum atomic E-state index is 13.4. The van der Waals surface area contributed by atoms with E-state index < -0.39 is 6.04 Å². The normalized spacial score (nSPS) is 19.9. The molecule has 0 bridgehead atoms. The second-order valence-electron chi connectivity index (χ2n) is 7.73. The second kappa shape index (κ2) is 5.34. The van der Waals surface area contributed by atoms with Gasteiger partial charge in [-0.25, -0.2) is 9.97 Å². The number of aromatic amines is 1. The average molecular weight is 374 g/mol. The molecule has 0 saturated heterocycles. The molecule has 1 saturated carbocycles. The van der Waals surface area contributed by atoms with Gasteiger partial charge in [0.1, 0.15) is 17.4 Å². The number of fused-ring (bicyclic) bond motifs is 3. The van der Waals surface area contributed by atoms with Crippen LogP contribution in [0.3, 0.4) is 0 Å². The number of hydrogen-bond donors (Lipinski definition) is 1. The van der Waals surface area contributed by atoms with Crippen LogP contribution in [0.5, 0.6) is 0 Å². The topological polar surface area (TPSA) is 88.2 Å². The Morgan fingerprint density at radius 2 is 2.14 bits per heavy atom. The maximum Gasteiger partial charge on any atom is 0.292 e. The lowest BCUT2D eigenvalue weighted by atomic mass is 9.89. The van der Waals surface area contributed by atoms with Crippen LogP contribution in [0.15, 0.2) is 51.9 Å². The number of benzene rings is 1. The van der Waals surface area contributed by atoms with Crippen molar-refractivity contribution in [3.05, 3.63) is 71.7 Å². The highest BCUT2D eigenvalue weighted by Gasteiger charge is 2.55. The van der Waals surface area contributed by atoms with E-state index in [1.807, 2.05) is 35.2 Å². The van der Waals surface area contributed by atoms with Crippen LogP contribution in [0.25, 0.3) is 11.0 Å². The summed E-state index contributed by atoms with van der Waals surface area (Å²) in [4.78, 5) is 27.3. The number of furan rings is 1. The fraction of sp³-hybridized carbons (Fsp3) is 0.286. The zero-order chi connectivity index (χ0) is 18.9. The zero-order valence-corrected chi connectivity index (χ0v) is 15.3. The van der Waals surface area contributed by atoms with E-state index in [0.29, 0.717) is 18.0 Å². The highest BCUT2D eigenvalue weighted by Crippen LogP contribution is 2.55. The molecular weight excluding hydrogens is 356 g/mol. The summed E-state index contributed by atoms with van der Waals surface area (Å²) in [5.74, 6) is 0.798. The molecule has 3 aromatic heterocycles. The molecule has 7 nitrogen and oxygen atoms in total. The van der Waals surface area contributed by atoms with Crippen LogP contribution < -0.4 is 0 Å².